The van der Waals surface area contributed by atoms with Crippen LogP contribution in [0, 0.1) is 0 Å². The van der Waals surface area contributed by atoms with E-state index in [-0.39, 0.29) is 11.9 Å². The number of carbonyl (C=O) groups is 1. The zero-order valence-corrected chi connectivity index (χ0v) is 10.5. The van der Waals surface area contributed by atoms with Crippen LogP contribution in [0.5, 0.6) is 0 Å². The molecule has 1 amide bonds. The number of carbonyl (C=O) groups excluding carboxylic acids is 1. The monoisotopic (exact) mass is 260 g/mol. The van der Waals surface area contributed by atoms with Crippen molar-refractivity contribution in [3.63, 3.8) is 0 Å². The summed E-state index contributed by atoms with van der Waals surface area (Å²) in [6.45, 7) is 1.86. The van der Waals surface area contributed by atoms with E-state index in [0.29, 0.717) is 28.6 Å². The van der Waals surface area contributed by atoms with Gasteiger partial charge in [0.2, 0.25) is 5.91 Å². The summed E-state index contributed by atoms with van der Waals surface area (Å²) in [5.74, 6) is -0.110. The molecule has 0 aliphatic rings. The number of nitrogens with two attached hydrogens (primary N) is 1. The van der Waals surface area contributed by atoms with Crippen molar-refractivity contribution in [1.82, 2.24) is 0 Å². The van der Waals surface area contributed by atoms with Crippen molar-refractivity contribution in [3.8, 4) is 0 Å². The maximum atomic E-state index is 11.5. The predicted octanol–water partition coefficient (Wildman–Crippen LogP) is 3.06. The van der Waals surface area contributed by atoms with Gasteiger partial charge in [0.1, 0.15) is 0 Å². The molecule has 0 fully saturated rings. The van der Waals surface area contributed by atoms with Gasteiger partial charge in [0, 0.05) is 17.5 Å². The second-order valence-corrected chi connectivity index (χ2v) is 4.53. The van der Waals surface area contributed by atoms with Crippen LogP contribution in [0.4, 0.5) is 5.69 Å². The second-order valence-electron chi connectivity index (χ2n) is 3.69. The molecule has 3 N–H and O–H groups in total. The number of hydrogen-bond acceptors (Lipinski definition) is 2. The number of hydrogen-bond donors (Lipinski definition) is 2. The Morgan fingerprint density at radius 2 is 2.19 bits per heavy atom. The smallest absolute Gasteiger partial charge is 0.224 e. The quantitative estimate of drug-likeness (QED) is 0.875. The number of anilines is 1. The molecule has 0 saturated carbocycles. The second kappa shape index (κ2) is 6.09. The molecule has 3 nitrogen and oxygen atoms in total. The molecule has 0 heterocycles. The van der Waals surface area contributed by atoms with Gasteiger partial charge < -0.3 is 11.1 Å². The van der Waals surface area contributed by atoms with Crippen molar-refractivity contribution < 1.29 is 4.79 Å². The van der Waals surface area contributed by atoms with Crippen LogP contribution < -0.4 is 11.1 Å². The molecule has 0 spiro atoms. The highest BCUT2D eigenvalue weighted by Crippen LogP contribution is 2.25. The highest BCUT2D eigenvalue weighted by molar-refractivity contribution is 6.35. The lowest BCUT2D eigenvalue weighted by Crippen LogP contribution is -2.19. The van der Waals surface area contributed by atoms with E-state index < -0.39 is 0 Å². The van der Waals surface area contributed by atoms with Crippen LogP contribution in [0.3, 0.4) is 0 Å². The van der Waals surface area contributed by atoms with Gasteiger partial charge in [-0.25, -0.2) is 0 Å². The summed E-state index contributed by atoms with van der Waals surface area (Å²) >= 11 is 11.7. The molecule has 0 aliphatic heterocycles. The van der Waals surface area contributed by atoms with E-state index >= 15 is 0 Å². The molecule has 1 aromatic rings. The van der Waals surface area contributed by atoms with Crippen LogP contribution >= 0.6 is 23.2 Å². The van der Waals surface area contributed by atoms with Gasteiger partial charge in [0.05, 0.1) is 10.7 Å². The van der Waals surface area contributed by atoms with Gasteiger partial charge in [-0.1, -0.05) is 23.2 Å². The Hall–Kier alpha value is -0.770. The van der Waals surface area contributed by atoms with E-state index in [1.807, 2.05) is 6.92 Å². The van der Waals surface area contributed by atoms with Crippen LogP contribution in [-0.4, -0.2) is 11.9 Å². The Bertz CT molecular complexity index is 380. The van der Waals surface area contributed by atoms with Gasteiger partial charge in [0.15, 0.2) is 0 Å². The van der Waals surface area contributed by atoms with Gasteiger partial charge in [-0.3, -0.25) is 4.79 Å². The number of benzene rings is 1. The first-order chi connectivity index (χ1) is 7.49. The van der Waals surface area contributed by atoms with Gasteiger partial charge >= 0.3 is 0 Å². The lowest BCUT2D eigenvalue weighted by atomic mass is 10.2. The van der Waals surface area contributed by atoms with Gasteiger partial charge in [-0.15, -0.1) is 0 Å². The van der Waals surface area contributed by atoms with Crippen LogP contribution in [-0.2, 0) is 4.79 Å². The highest BCUT2D eigenvalue weighted by atomic mass is 35.5. The van der Waals surface area contributed by atoms with Crippen molar-refractivity contribution in [1.29, 1.82) is 0 Å². The first kappa shape index (κ1) is 13.3. The molecular formula is C11H14Cl2N2O. The zero-order valence-electron chi connectivity index (χ0n) is 8.97. The maximum absolute atomic E-state index is 11.5. The molecule has 1 rings (SSSR count). The summed E-state index contributed by atoms with van der Waals surface area (Å²) in [6, 6.07) is 4.95. The first-order valence-electron chi connectivity index (χ1n) is 4.99. The normalized spacial score (nSPS) is 12.2. The first-order valence-corrected chi connectivity index (χ1v) is 5.75. The fraction of sp³-hybridized carbons (Fsp3) is 0.364. The van der Waals surface area contributed by atoms with E-state index in [9.17, 15) is 4.79 Å². The molecule has 0 aliphatic carbocycles. The van der Waals surface area contributed by atoms with Crippen molar-refractivity contribution in [2.45, 2.75) is 25.8 Å². The molecule has 88 valence electrons. The number of amides is 1. The number of nitrogens with one attached hydrogen (secondary N) is 1. The average Bonchev–Trinajstić information content (AvgIpc) is 2.20. The lowest BCUT2D eigenvalue weighted by molar-refractivity contribution is -0.116. The zero-order chi connectivity index (χ0) is 12.1. The van der Waals surface area contributed by atoms with E-state index in [2.05, 4.69) is 5.32 Å². The van der Waals surface area contributed by atoms with Crippen molar-refractivity contribution >= 4 is 34.8 Å². The predicted molar refractivity (Wildman–Crippen MR) is 68.0 cm³/mol. The topological polar surface area (TPSA) is 55.1 Å². The number of halogens is 2. The molecule has 0 bridgehead atoms. The van der Waals surface area contributed by atoms with Crippen molar-refractivity contribution in [2.75, 3.05) is 5.32 Å². The van der Waals surface area contributed by atoms with Crippen molar-refractivity contribution in [2.24, 2.45) is 5.73 Å². The van der Waals surface area contributed by atoms with E-state index in [4.69, 9.17) is 28.9 Å². The minimum absolute atomic E-state index is 0.0144. The average molecular weight is 261 g/mol. The Balaban J connectivity index is 2.59. The van der Waals surface area contributed by atoms with Gasteiger partial charge in [0.25, 0.3) is 0 Å². The SMILES string of the molecule is CC(N)CCC(=O)Nc1cc(Cl)ccc1Cl. The fourth-order valence-corrected chi connectivity index (χ4v) is 1.50. The summed E-state index contributed by atoms with van der Waals surface area (Å²) in [7, 11) is 0. The molecule has 5 heteroatoms. The standard InChI is InChI=1S/C11H14Cl2N2O/c1-7(14)2-5-11(16)15-10-6-8(12)3-4-9(10)13/h3-4,6-7H,2,5,14H2,1H3,(H,15,16). The lowest BCUT2D eigenvalue weighted by Gasteiger charge is -2.08. The molecule has 1 unspecified atom stereocenters. The third-order valence-corrected chi connectivity index (χ3v) is 2.59. The van der Waals surface area contributed by atoms with E-state index in [1.54, 1.807) is 18.2 Å². The molecule has 16 heavy (non-hydrogen) atoms. The van der Waals surface area contributed by atoms with Crippen LogP contribution in [0.25, 0.3) is 0 Å². The van der Waals surface area contributed by atoms with Gasteiger partial charge in [-0.05, 0) is 31.5 Å². The summed E-state index contributed by atoms with van der Waals surface area (Å²) in [5, 5.41) is 3.70. The van der Waals surface area contributed by atoms with Gasteiger partial charge in [-0.2, -0.15) is 0 Å². The molecule has 0 aromatic heterocycles. The minimum atomic E-state index is -0.110. The third-order valence-electron chi connectivity index (χ3n) is 2.03. The fourth-order valence-electron chi connectivity index (χ4n) is 1.16. The molecule has 1 aromatic carbocycles. The highest BCUT2D eigenvalue weighted by Gasteiger charge is 2.07. The summed E-state index contributed by atoms with van der Waals surface area (Å²) in [4.78, 5) is 11.5. The van der Waals surface area contributed by atoms with Crippen LogP contribution in [0.15, 0.2) is 18.2 Å². The van der Waals surface area contributed by atoms with Crippen molar-refractivity contribution in [3.05, 3.63) is 28.2 Å². The Labute approximate surface area is 105 Å². The summed E-state index contributed by atoms with van der Waals surface area (Å²) < 4.78 is 0. The minimum Gasteiger partial charge on any atom is -0.328 e. The Kier molecular flexibility index (Phi) is 5.06. The number of rotatable bonds is 4. The van der Waals surface area contributed by atoms with Crippen LogP contribution in [0.1, 0.15) is 19.8 Å². The van der Waals surface area contributed by atoms with E-state index in [1.165, 1.54) is 0 Å². The maximum Gasteiger partial charge on any atom is 0.224 e. The summed E-state index contributed by atoms with van der Waals surface area (Å²) in [6.07, 6.45) is 1.02. The van der Waals surface area contributed by atoms with Crippen LogP contribution in [0.2, 0.25) is 10.0 Å². The largest absolute Gasteiger partial charge is 0.328 e. The molecule has 0 saturated heterocycles. The third kappa shape index (κ3) is 4.39. The summed E-state index contributed by atoms with van der Waals surface area (Å²) in [5.41, 5.74) is 6.09. The molecule has 1 atom stereocenters. The Morgan fingerprint density at radius 3 is 2.81 bits per heavy atom. The van der Waals surface area contributed by atoms with E-state index in [0.717, 1.165) is 0 Å². The molecular weight excluding hydrogens is 247 g/mol. The Morgan fingerprint density at radius 1 is 1.50 bits per heavy atom. The molecule has 0 radical (unpaired) electrons.